The summed E-state index contributed by atoms with van der Waals surface area (Å²) in [5.41, 5.74) is 2.62. The summed E-state index contributed by atoms with van der Waals surface area (Å²) in [6.07, 6.45) is 2.27. The highest BCUT2D eigenvalue weighted by Gasteiger charge is 2.12. The standard InChI is InChI=1S/C18H19NS/c1-4-19(5-2)16-9-8-15-11-14-7-6-13(3)10-17(14)20-18(15)12-16/h6-12H,3-5H2,1-2H3. The first-order valence-electron chi connectivity index (χ1n) is 7.09. The van der Waals surface area contributed by atoms with Crippen molar-refractivity contribution >= 4 is 30.1 Å². The molecule has 0 aromatic heterocycles. The number of anilines is 1. The Morgan fingerprint density at radius 3 is 2.55 bits per heavy atom. The smallest absolute Gasteiger partial charge is 0.0377 e. The van der Waals surface area contributed by atoms with E-state index in [1.807, 2.05) is 11.8 Å². The molecule has 20 heavy (non-hydrogen) atoms. The fourth-order valence-corrected chi connectivity index (χ4v) is 3.71. The molecule has 0 saturated carbocycles. The molecule has 0 aliphatic carbocycles. The number of benzene rings is 2. The minimum Gasteiger partial charge on any atom is -0.372 e. The second-order valence-electron chi connectivity index (χ2n) is 5.01. The first kappa shape index (κ1) is 13.3. The highest BCUT2D eigenvalue weighted by atomic mass is 32.2. The van der Waals surface area contributed by atoms with E-state index in [2.05, 4.69) is 67.8 Å². The molecule has 0 radical (unpaired) electrons. The number of nitrogens with zero attached hydrogens (tertiary/aromatic N) is 1. The lowest BCUT2D eigenvalue weighted by molar-refractivity contribution is 0.864. The molecule has 0 saturated heterocycles. The Hall–Kier alpha value is -1.67. The van der Waals surface area contributed by atoms with E-state index in [0.29, 0.717) is 0 Å². The summed E-state index contributed by atoms with van der Waals surface area (Å²) < 4.78 is 0. The molecule has 1 aliphatic rings. The van der Waals surface area contributed by atoms with Gasteiger partial charge in [0, 0.05) is 28.6 Å². The van der Waals surface area contributed by atoms with Gasteiger partial charge in [0.05, 0.1) is 0 Å². The van der Waals surface area contributed by atoms with Gasteiger partial charge in [-0.3, -0.25) is 0 Å². The van der Waals surface area contributed by atoms with E-state index in [9.17, 15) is 0 Å². The van der Waals surface area contributed by atoms with Crippen molar-refractivity contribution in [2.75, 3.05) is 18.0 Å². The molecule has 0 N–H and O–H groups in total. The van der Waals surface area contributed by atoms with Gasteiger partial charge in [-0.1, -0.05) is 36.5 Å². The van der Waals surface area contributed by atoms with Gasteiger partial charge in [0.1, 0.15) is 0 Å². The Bertz CT molecular complexity index is 744. The Labute approximate surface area is 124 Å². The molecule has 102 valence electrons. The average Bonchev–Trinajstić information content (AvgIpc) is 2.46. The average molecular weight is 281 g/mol. The lowest BCUT2D eigenvalue weighted by atomic mass is 10.1. The highest BCUT2D eigenvalue weighted by molar-refractivity contribution is 7.99. The van der Waals surface area contributed by atoms with Crippen molar-refractivity contribution in [3.8, 4) is 0 Å². The van der Waals surface area contributed by atoms with E-state index in [1.54, 1.807) is 0 Å². The van der Waals surface area contributed by atoms with Crippen molar-refractivity contribution in [3.63, 3.8) is 0 Å². The van der Waals surface area contributed by atoms with Crippen molar-refractivity contribution in [3.05, 3.63) is 52.4 Å². The number of hydrogen-bond acceptors (Lipinski definition) is 2. The number of fused-ring (bicyclic) bond motifs is 2. The first-order valence-corrected chi connectivity index (χ1v) is 7.90. The molecule has 2 aromatic rings. The van der Waals surface area contributed by atoms with Gasteiger partial charge >= 0.3 is 0 Å². The van der Waals surface area contributed by atoms with Gasteiger partial charge in [-0.05, 0) is 54.1 Å². The third kappa shape index (κ3) is 2.36. The van der Waals surface area contributed by atoms with Gasteiger partial charge in [0.2, 0.25) is 0 Å². The summed E-state index contributed by atoms with van der Waals surface area (Å²) in [6.45, 7) is 10.5. The molecule has 2 aromatic carbocycles. The fraction of sp³-hybridized carbons (Fsp3) is 0.222. The molecule has 0 spiro atoms. The zero-order chi connectivity index (χ0) is 14.1. The molecular formula is C18H19NS. The van der Waals surface area contributed by atoms with Gasteiger partial charge < -0.3 is 4.90 Å². The van der Waals surface area contributed by atoms with E-state index in [-0.39, 0.29) is 0 Å². The van der Waals surface area contributed by atoms with Gasteiger partial charge in [0.15, 0.2) is 0 Å². The molecule has 0 atom stereocenters. The zero-order valence-electron chi connectivity index (χ0n) is 12.0. The van der Waals surface area contributed by atoms with Crippen LogP contribution in [0.1, 0.15) is 19.4 Å². The summed E-state index contributed by atoms with van der Waals surface area (Å²) >= 11 is 1.85. The van der Waals surface area contributed by atoms with Crippen LogP contribution in [0.25, 0.3) is 12.7 Å². The predicted molar refractivity (Wildman–Crippen MR) is 88.9 cm³/mol. The van der Waals surface area contributed by atoms with Crippen LogP contribution in [-0.4, -0.2) is 13.1 Å². The van der Waals surface area contributed by atoms with E-state index in [0.717, 1.165) is 18.3 Å². The zero-order valence-corrected chi connectivity index (χ0v) is 12.8. The van der Waals surface area contributed by atoms with Crippen LogP contribution in [0.2, 0.25) is 0 Å². The number of rotatable bonds is 3. The molecule has 0 bridgehead atoms. The van der Waals surface area contributed by atoms with Gasteiger partial charge in [-0.15, -0.1) is 0 Å². The Balaban J connectivity index is 2.08. The van der Waals surface area contributed by atoms with Gasteiger partial charge in [-0.2, -0.15) is 0 Å². The maximum Gasteiger partial charge on any atom is 0.0377 e. The highest BCUT2D eigenvalue weighted by Crippen LogP contribution is 2.34. The van der Waals surface area contributed by atoms with Crippen molar-refractivity contribution in [1.29, 1.82) is 0 Å². The monoisotopic (exact) mass is 281 g/mol. The normalized spacial score (nSPS) is 12.3. The van der Waals surface area contributed by atoms with E-state index < -0.39 is 0 Å². The summed E-state index contributed by atoms with van der Waals surface area (Å²) in [5.74, 6) is 0. The third-order valence-corrected chi connectivity index (χ3v) is 4.88. The van der Waals surface area contributed by atoms with Crippen LogP contribution in [-0.2, 0) is 0 Å². The minimum atomic E-state index is 1.04. The molecule has 3 rings (SSSR count). The maximum atomic E-state index is 4.02. The predicted octanol–water partition coefficient (Wildman–Crippen LogP) is 3.24. The molecule has 1 aliphatic heterocycles. The van der Waals surface area contributed by atoms with Gasteiger partial charge in [-0.25, -0.2) is 0 Å². The molecule has 0 fully saturated rings. The maximum absolute atomic E-state index is 4.02. The second kappa shape index (κ2) is 5.37. The SMILES string of the molecule is C=c1ccc2c(c1)Sc1cc(N(CC)CC)ccc1C=2. The lowest BCUT2D eigenvalue weighted by Crippen LogP contribution is -2.22. The largest absolute Gasteiger partial charge is 0.372 e. The number of hydrogen-bond donors (Lipinski definition) is 0. The summed E-state index contributed by atoms with van der Waals surface area (Å²) in [4.78, 5) is 5.03. The summed E-state index contributed by atoms with van der Waals surface area (Å²) in [6, 6.07) is 13.2. The topological polar surface area (TPSA) is 3.24 Å². The minimum absolute atomic E-state index is 1.04. The van der Waals surface area contributed by atoms with Crippen molar-refractivity contribution in [2.45, 2.75) is 23.6 Å². The summed E-state index contributed by atoms with van der Waals surface area (Å²) in [5, 5.41) is 2.37. The van der Waals surface area contributed by atoms with Crippen LogP contribution in [0, 0.1) is 0 Å². The Kier molecular flexibility index (Phi) is 3.58. The van der Waals surface area contributed by atoms with Crippen LogP contribution < -0.4 is 15.3 Å². The fourth-order valence-electron chi connectivity index (χ4n) is 2.59. The molecule has 0 amide bonds. The van der Waals surface area contributed by atoms with Crippen molar-refractivity contribution < 1.29 is 0 Å². The first-order chi connectivity index (χ1) is 9.71. The molecule has 1 nitrogen and oxygen atoms in total. The molecule has 1 heterocycles. The van der Waals surface area contributed by atoms with Crippen molar-refractivity contribution in [2.24, 2.45) is 0 Å². The summed E-state index contributed by atoms with van der Waals surface area (Å²) in [7, 11) is 0. The Morgan fingerprint density at radius 2 is 1.80 bits per heavy atom. The van der Waals surface area contributed by atoms with Gasteiger partial charge in [0.25, 0.3) is 0 Å². The van der Waals surface area contributed by atoms with Crippen LogP contribution in [0.3, 0.4) is 0 Å². The second-order valence-corrected chi connectivity index (χ2v) is 6.10. The Morgan fingerprint density at radius 1 is 1.00 bits per heavy atom. The van der Waals surface area contributed by atoms with Crippen LogP contribution in [0.5, 0.6) is 0 Å². The van der Waals surface area contributed by atoms with E-state index in [1.165, 1.54) is 26.3 Å². The molecule has 2 heteroatoms. The van der Waals surface area contributed by atoms with Crippen molar-refractivity contribution in [1.82, 2.24) is 0 Å². The lowest BCUT2D eigenvalue weighted by Gasteiger charge is -2.23. The third-order valence-electron chi connectivity index (χ3n) is 3.73. The van der Waals surface area contributed by atoms with Crippen LogP contribution >= 0.6 is 11.8 Å². The quantitative estimate of drug-likeness (QED) is 0.725. The van der Waals surface area contributed by atoms with Crippen LogP contribution in [0.15, 0.2) is 46.2 Å². The van der Waals surface area contributed by atoms with E-state index in [4.69, 9.17) is 0 Å². The molecule has 0 unspecified atom stereocenters. The molecular weight excluding hydrogens is 262 g/mol. The van der Waals surface area contributed by atoms with E-state index >= 15 is 0 Å². The van der Waals surface area contributed by atoms with Crippen LogP contribution in [0.4, 0.5) is 5.69 Å².